The smallest absolute Gasteiger partial charge is 0.340 e. The van der Waals surface area contributed by atoms with Gasteiger partial charge in [0, 0.05) is 10.9 Å². The van der Waals surface area contributed by atoms with Gasteiger partial charge in [-0.3, -0.25) is 0 Å². The van der Waals surface area contributed by atoms with Gasteiger partial charge in [0.15, 0.2) is 0 Å². The fraction of sp³-hybridized carbons (Fsp3) is 0.261. The minimum atomic E-state index is -0.463. The van der Waals surface area contributed by atoms with Gasteiger partial charge in [-0.2, -0.15) is 0 Å². The molecule has 2 aromatic carbocycles. The number of para-hydroxylation sites is 1. The molecular formula is C23H26O4. The fourth-order valence-electron chi connectivity index (χ4n) is 2.98. The molecule has 0 radical (unpaired) electrons. The molecule has 4 nitrogen and oxygen atoms in total. The van der Waals surface area contributed by atoms with Crippen molar-refractivity contribution >= 4 is 21.9 Å². The van der Waals surface area contributed by atoms with Crippen molar-refractivity contribution < 1.29 is 13.9 Å². The van der Waals surface area contributed by atoms with Crippen LogP contribution in [0.2, 0.25) is 0 Å². The van der Waals surface area contributed by atoms with E-state index in [0.717, 1.165) is 27.5 Å². The molecule has 0 aliphatic rings. The molecule has 27 heavy (non-hydrogen) atoms. The maximum atomic E-state index is 11.9. The Morgan fingerprint density at radius 1 is 0.815 bits per heavy atom. The van der Waals surface area contributed by atoms with Crippen LogP contribution in [0.15, 0.2) is 56.1 Å². The van der Waals surface area contributed by atoms with Crippen molar-refractivity contribution in [2.45, 2.75) is 41.5 Å². The molecule has 0 fully saturated rings. The molecule has 2 heterocycles. The normalized spacial score (nSPS) is 10.1. The Kier molecular flexibility index (Phi) is 6.45. The van der Waals surface area contributed by atoms with Crippen molar-refractivity contribution in [2.75, 3.05) is 0 Å². The van der Waals surface area contributed by atoms with Crippen LogP contribution in [0.3, 0.4) is 0 Å². The highest BCUT2D eigenvalue weighted by Gasteiger charge is 2.17. The molecule has 2 aromatic heterocycles. The summed E-state index contributed by atoms with van der Waals surface area (Å²) in [4.78, 5) is 11.9. The summed E-state index contributed by atoms with van der Waals surface area (Å²) in [5.41, 5.74) is 2.94. The molecule has 0 unspecified atom stereocenters. The zero-order valence-corrected chi connectivity index (χ0v) is 16.7. The highest BCUT2D eigenvalue weighted by atomic mass is 16.4. The van der Waals surface area contributed by atoms with Gasteiger partial charge in [0.2, 0.25) is 0 Å². The molecule has 4 heteroatoms. The molecule has 4 aromatic rings. The van der Waals surface area contributed by atoms with E-state index >= 15 is 0 Å². The number of phenolic OH excluding ortho intramolecular Hbond substituents is 1. The highest BCUT2D eigenvalue weighted by molar-refractivity contribution is 6.10. The third-order valence-corrected chi connectivity index (χ3v) is 4.05. The molecule has 1 N–H and O–H groups in total. The lowest BCUT2D eigenvalue weighted by Gasteiger charge is -2.08. The van der Waals surface area contributed by atoms with Crippen molar-refractivity contribution in [3.05, 3.63) is 64.0 Å². The summed E-state index contributed by atoms with van der Waals surface area (Å²) in [6.45, 7) is 11.6. The van der Waals surface area contributed by atoms with Crippen LogP contribution in [-0.4, -0.2) is 5.11 Å². The summed E-state index contributed by atoms with van der Waals surface area (Å²) >= 11 is 0. The van der Waals surface area contributed by atoms with Gasteiger partial charge in [-0.25, -0.2) is 4.79 Å². The van der Waals surface area contributed by atoms with Crippen LogP contribution >= 0.6 is 0 Å². The topological polar surface area (TPSA) is 63.6 Å². The van der Waals surface area contributed by atoms with Gasteiger partial charge in [0.1, 0.15) is 22.7 Å². The quantitative estimate of drug-likeness (QED) is 0.413. The van der Waals surface area contributed by atoms with Gasteiger partial charge in [0.25, 0.3) is 0 Å². The summed E-state index contributed by atoms with van der Waals surface area (Å²) in [5.74, 6) is 0.712. The van der Waals surface area contributed by atoms with Gasteiger partial charge >= 0.3 is 5.63 Å². The third-order valence-electron chi connectivity index (χ3n) is 4.05. The summed E-state index contributed by atoms with van der Waals surface area (Å²) in [5, 5.41) is 11.6. The Morgan fingerprint density at radius 3 is 2.04 bits per heavy atom. The highest BCUT2D eigenvalue weighted by Crippen LogP contribution is 2.37. The van der Waals surface area contributed by atoms with Crippen molar-refractivity contribution in [2.24, 2.45) is 0 Å². The van der Waals surface area contributed by atoms with E-state index in [4.69, 9.17) is 8.83 Å². The molecule has 0 aliphatic heterocycles. The molecule has 0 amide bonds. The average molecular weight is 366 g/mol. The molecular weight excluding hydrogens is 340 g/mol. The maximum absolute atomic E-state index is 11.9. The number of hydrogen-bond acceptors (Lipinski definition) is 4. The van der Waals surface area contributed by atoms with E-state index in [1.165, 1.54) is 6.07 Å². The van der Waals surface area contributed by atoms with Gasteiger partial charge < -0.3 is 13.9 Å². The monoisotopic (exact) mass is 366 g/mol. The second-order valence-electron chi connectivity index (χ2n) is 5.69. The zero-order chi connectivity index (χ0) is 20.1. The predicted octanol–water partition coefficient (Wildman–Crippen LogP) is 6.58. The number of benzene rings is 2. The second kappa shape index (κ2) is 8.58. The fourth-order valence-corrected chi connectivity index (χ4v) is 2.98. The molecule has 0 spiro atoms. The predicted molar refractivity (Wildman–Crippen MR) is 112 cm³/mol. The van der Waals surface area contributed by atoms with E-state index in [0.29, 0.717) is 16.9 Å². The summed E-state index contributed by atoms with van der Waals surface area (Å²) in [7, 11) is 0. The third kappa shape index (κ3) is 3.75. The number of furan rings is 1. The van der Waals surface area contributed by atoms with Crippen LogP contribution in [0.25, 0.3) is 33.3 Å². The SMILES string of the molecule is CC.CC.Cc1cc(-c2oc(=O)cc3oc4ccccc4c23)cc(C)c1O. The first-order chi connectivity index (χ1) is 13.0. The van der Waals surface area contributed by atoms with Gasteiger partial charge in [-0.15, -0.1) is 0 Å². The first kappa shape index (κ1) is 20.3. The largest absolute Gasteiger partial charge is 0.507 e. The van der Waals surface area contributed by atoms with E-state index in [9.17, 15) is 9.90 Å². The van der Waals surface area contributed by atoms with E-state index in [1.54, 1.807) is 0 Å². The molecule has 0 aliphatic carbocycles. The molecule has 0 saturated carbocycles. The number of aromatic hydroxyl groups is 1. The minimum absolute atomic E-state index is 0.250. The Labute approximate surface area is 159 Å². The number of fused-ring (bicyclic) bond motifs is 3. The Hall–Kier alpha value is -3.01. The van der Waals surface area contributed by atoms with Crippen LogP contribution in [-0.2, 0) is 0 Å². The van der Waals surface area contributed by atoms with E-state index in [1.807, 2.05) is 77.9 Å². The lowest BCUT2D eigenvalue weighted by Crippen LogP contribution is -1.97. The molecule has 0 atom stereocenters. The summed E-state index contributed by atoms with van der Waals surface area (Å²) in [6, 6.07) is 12.6. The average Bonchev–Trinajstić information content (AvgIpc) is 3.06. The number of phenols is 1. The first-order valence-corrected chi connectivity index (χ1v) is 9.30. The lowest BCUT2D eigenvalue weighted by atomic mass is 10.0. The maximum Gasteiger partial charge on any atom is 0.340 e. The summed E-state index contributed by atoms with van der Waals surface area (Å²) < 4.78 is 11.3. The van der Waals surface area contributed by atoms with Gasteiger partial charge in [-0.05, 0) is 43.2 Å². The molecule has 0 bridgehead atoms. The van der Waals surface area contributed by atoms with E-state index in [-0.39, 0.29) is 5.75 Å². The van der Waals surface area contributed by atoms with Gasteiger partial charge in [-0.1, -0.05) is 45.9 Å². The number of rotatable bonds is 1. The van der Waals surface area contributed by atoms with Crippen LogP contribution in [0.5, 0.6) is 5.75 Å². The van der Waals surface area contributed by atoms with Crippen LogP contribution in [0.4, 0.5) is 0 Å². The minimum Gasteiger partial charge on any atom is -0.507 e. The zero-order valence-electron chi connectivity index (χ0n) is 16.7. The van der Waals surface area contributed by atoms with E-state index in [2.05, 4.69) is 0 Å². The van der Waals surface area contributed by atoms with Crippen LogP contribution < -0.4 is 5.63 Å². The Balaban J connectivity index is 0.000000614. The standard InChI is InChI=1S/C19H14O4.2C2H6/c1-10-7-12(8-11(2)18(10)21)19-17-13-5-3-4-6-14(13)22-15(17)9-16(20)23-19;2*1-2/h3-9,21H,1-2H3;2*1-2H3. The Morgan fingerprint density at radius 2 is 1.41 bits per heavy atom. The van der Waals surface area contributed by atoms with Crippen LogP contribution in [0.1, 0.15) is 38.8 Å². The number of aryl methyl sites for hydroxylation is 2. The number of hydrogen-bond donors (Lipinski definition) is 1. The summed E-state index contributed by atoms with van der Waals surface area (Å²) in [6.07, 6.45) is 0. The van der Waals surface area contributed by atoms with Crippen LogP contribution in [0, 0.1) is 13.8 Å². The Bertz CT molecular complexity index is 1090. The molecule has 4 rings (SSSR count). The van der Waals surface area contributed by atoms with E-state index < -0.39 is 5.63 Å². The van der Waals surface area contributed by atoms with Crippen molar-refractivity contribution in [1.29, 1.82) is 0 Å². The van der Waals surface area contributed by atoms with Crippen molar-refractivity contribution in [1.82, 2.24) is 0 Å². The first-order valence-electron chi connectivity index (χ1n) is 9.30. The molecule has 142 valence electrons. The van der Waals surface area contributed by atoms with Gasteiger partial charge in [0.05, 0.1) is 11.5 Å². The second-order valence-corrected chi connectivity index (χ2v) is 5.69. The molecule has 0 saturated heterocycles. The van der Waals surface area contributed by atoms with Crippen molar-refractivity contribution in [3.63, 3.8) is 0 Å². The van der Waals surface area contributed by atoms with Crippen molar-refractivity contribution in [3.8, 4) is 17.1 Å². The lowest BCUT2D eigenvalue weighted by molar-refractivity contribution is 0.467.